The molecule has 3 atom stereocenters. The van der Waals surface area contributed by atoms with E-state index in [-0.39, 0.29) is 19.1 Å². The number of phosphoric ester groups is 1. The molecule has 0 saturated carbocycles. The standard InChI is InChI=1S/C57H109N2O6P/c1-6-8-10-12-14-16-18-20-21-22-23-24-25-26-27-28-29-30-31-32-33-34-35-36-37-39-41-43-45-47-49-51-57(61)58-55(54-65-66(62,63)64-53-52-59(3,4)5)56(60)50-48-46-44-42-40-38-19-17-15-13-11-9-7-2/h15,17,26-27,40,42,48,50,55-56,60H,6-14,16,18-25,28-39,41,43-47,49,51-54H2,1-5H3,(H-,58,61,62,63)/p+1/b17-15+,27-26-,42-40+,50-48+. The van der Waals surface area contributed by atoms with Gasteiger partial charge in [0.25, 0.3) is 0 Å². The van der Waals surface area contributed by atoms with Gasteiger partial charge in [-0.2, -0.15) is 0 Å². The smallest absolute Gasteiger partial charge is 0.387 e. The van der Waals surface area contributed by atoms with E-state index >= 15 is 0 Å². The summed E-state index contributed by atoms with van der Waals surface area (Å²) in [5.41, 5.74) is 0. The minimum Gasteiger partial charge on any atom is -0.387 e. The minimum absolute atomic E-state index is 0.0534. The van der Waals surface area contributed by atoms with Crippen LogP contribution < -0.4 is 5.32 Å². The summed E-state index contributed by atoms with van der Waals surface area (Å²) in [6, 6.07) is -0.869. The maximum Gasteiger partial charge on any atom is 0.472 e. The Morgan fingerprint density at radius 1 is 0.500 bits per heavy atom. The molecular weight excluding hydrogens is 840 g/mol. The van der Waals surface area contributed by atoms with Crippen LogP contribution >= 0.6 is 7.82 Å². The predicted octanol–water partition coefficient (Wildman–Crippen LogP) is 16.8. The maximum absolute atomic E-state index is 12.9. The van der Waals surface area contributed by atoms with Crippen molar-refractivity contribution in [2.75, 3.05) is 40.9 Å². The lowest BCUT2D eigenvalue weighted by Crippen LogP contribution is -2.45. The molecule has 3 N–H and O–H groups in total. The highest BCUT2D eigenvalue weighted by atomic mass is 31.2. The first kappa shape index (κ1) is 64.5. The van der Waals surface area contributed by atoms with E-state index in [0.29, 0.717) is 17.4 Å². The topological polar surface area (TPSA) is 105 Å². The summed E-state index contributed by atoms with van der Waals surface area (Å²) < 4.78 is 23.6. The second kappa shape index (κ2) is 48.5. The largest absolute Gasteiger partial charge is 0.472 e. The summed E-state index contributed by atoms with van der Waals surface area (Å²) in [7, 11) is 1.55. The van der Waals surface area contributed by atoms with Crippen LogP contribution in [0.1, 0.15) is 258 Å². The quantitative estimate of drug-likeness (QED) is 0.0243. The average Bonchev–Trinajstić information content (AvgIpc) is 3.28. The summed E-state index contributed by atoms with van der Waals surface area (Å²) in [6.07, 6.45) is 63.7. The first-order valence-electron chi connectivity index (χ1n) is 28.0. The molecule has 0 radical (unpaired) electrons. The van der Waals surface area contributed by atoms with Crippen molar-refractivity contribution in [2.45, 2.75) is 270 Å². The Balaban J connectivity index is 4.07. The maximum atomic E-state index is 12.9. The summed E-state index contributed by atoms with van der Waals surface area (Å²) in [5.74, 6) is -0.190. The van der Waals surface area contributed by atoms with E-state index in [4.69, 9.17) is 9.05 Å². The van der Waals surface area contributed by atoms with E-state index in [1.807, 2.05) is 27.2 Å². The lowest BCUT2D eigenvalue weighted by molar-refractivity contribution is -0.870. The zero-order valence-electron chi connectivity index (χ0n) is 44.2. The number of nitrogens with one attached hydrogen (secondary N) is 1. The molecule has 8 nitrogen and oxygen atoms in total. The predicted molar refractivity (Wildman–Crippen MR) is 286 cm³/mol. The summed E-state index contributed by atoms with van der Waals surface area (Å²) >= 11 is 0. The molecule has 0 saturated heterocycles. The number of phosphoric acid groups is 1. The fraction of sp³-hybridized carbons (Fsp3) is 0.842. The molecule has 3 unspecified atom stereocenters. The van der Waals surface area contributed by atoms with Crippen molar-refractivity contribution in [3.8, 4) is 0 Å². The van der Waals surface area contributed by atoms with E-state index in [0.717, 1.165) is 51.4 Å². The Bertz CT molecular complexity index is 1210. The molecule has 0 aromatic carbocycles. The van der Waals surface area contributed by atoms with E-state index < -0.39 is 20.0 Å². The molecule has 66 heavy (non-hydrogen) atoms. The zero-order chi connectivity index (χ0) is 48.5. The molecule has 388 valence electrons. The third-order valence-corrected chi connectivity index (χ3v) is 13.5. The molecule has 0 aromatic rings. The van der Waals surface area contributed by atoms with E-state index in [2.05, 4.69) is 55.6 Å². The second-order valence-electron chi connectivity index (χ2n) is 20.3. The number of nitrogens with zero attached hydrogens (tertiary/aromatic N) is 1. The SMILES string of the molecule is CCCCC/C=C/CC/C=C/CC/C=C/C(O)C(COP(=O)(O)OCC[N+](C)(C)C)NC(=O)CCCCCCCCCCCCCCCCC/C=C\CCCCCCCCCCCCCC. The molecule has 0 rings (SSSR count). The van der Waals surface area contributed by atoms with Gasteiger partial charge in [-0.25, -0.2) is 4.57 Å². The minimum atomic E-state index is -4.35. The van der Waals surface area contributed by atoms with Crippen LogP contribution in [-0.2, 0) is 18.4 Å². The van der Waals surface area contributed by atoms with Gasteiger partial charge in [0.05, 0.1) is 39.9 Å². The molecule has 0 aliphatic heterocycles. The number of aliphatic hydroxyl groups is 1. The Kier molecular flexibility index (Phi) is 47.4. The number of unbranched alkanes of at least 4 members (excludes halogenated alkanes) is 32. The van der Waals surface area contributed by atoms with Gasteiger partial charge in [-0.3, -0.25) is 13.8 Å². The highest BCUT2D eigenvalue weighted by molar-refractivity contribution is 7.47. The van der Waals surface area contributed by atoms with Crippen molar-refractivity contribution in [2.24, 2.45) is 0 Å². The van der Waals surface area contributed by atoms with Crippen LogP contribution in [0.2, 0.25) is 0 Å². The van der Waals surface area contributed by atoms with Crippen LogP contribution in [0.4, 0.5) is 0 Å². The lowest BCUT2D eigenvalue weighted by atomic mass is 10.0. The molecule has 0 heterocycles. The van der Waals surface area contributed by atoms with Gasteiger partial charge < -0.3 is 19.8 Å². The summed E-state index contributed by atoms with van der Waals surface area (Å²) in [4.78, 5) is 23.2. The van der Waals surface area contributed by atoms with Gasteiger partial charge in [0.15, 0.2) is 0 Å². The Morgan fingerprint density at radius 3 is 1.24 bits per heavy atom. The number of amides is 1. The third kappa shape index (κ3) is 50.3. The van der Waals surface area contributed by atoms with Crippen LogP contribution in [0, 0.1) is 0 Å². The van der Waals surface area contributed by atoms with Gasteiger partial charge in [-0.1, -0.05) is 229 Å². The summed E-state index contributed by atoms with van der Waals surface area (Å²) in [6.45, 7) is 4.77. The van der Waals surface area contributed by atoms with Gasteiger partial charge in [-0.05, 0) is 70.6 Å². The molecule has 0 spiro atoms. The van der Waals surface area contributed by atoms with Crippen molar-refractivity contribution in [3.63, 3.8) is 0 Å². The van der Waals surface area contributed by atoms with Gasteiger partial charge >= 0.3 is 7.82 Å². The van der Waals surface area contributed by atoms with Crippen LogP contribution in [0.25, 0.3) is 0 Å². The number of hydrogen-bond donors (Lipinski definition) is 3. The van der Waals surface area contributed by atoms with Crippen LogP contribution in [0.3, 0.4) is 0 Å². The zero-order valence-corrected chi connectivity index (χ0v) is 45.1. The second-order valence-corrected chi connectivity index (χ2v) is 21.7. The number of quaternary nitrogens is 1. The van der Waals surface area contributed by atoms with Crippen molar-refractivity contribution >= 4 is 13.7 Å². The molecule has 1 amide bonds. The molecule has 0 aromatic heterocycles. The Labute approximate surface area is 409 Å². The van der Waals surface area contributed by atoms with E-state index in [9.17, 15) is 19.4 Å². The fourth-order valence-electron chi connectivity index (χ4n) is 8.07. The average molecular weight is 950 g/mol. The number of allylic oxidation sites excluding steroid dienone is 7. The van der Waals surface area contributed by atoms with Crippen LogP contribution in [0.15, 0.2) is 48.6 Å². The molecule has 0 bridgehead atoms. The molecule has 0 aliphatic rings. The molecule has 9 heteroatoms. The number of aliphatic hydroxyl groups excluding tert-OH is 1. The van der Waals surface area contributed by atoms with E-state index in [1.165, 1.54) is 186 Å². The van der Waals surface area contributed by atoms with Crippen molar-refractivity contribution in [1.82, 2.24) is 5.32 Å². The molecule has 0 fully saturated rings. The fourth-order valence-corrected chi connectivity index (χ4v) is 8.81. The monoisotopic (exact) mass is 950 g/mol. The van der Waals surface area contributed by atoms with Gasteiger partial charge in [0.1, 0.15) is 13.2 Å². The van der Waals surface area contributed by atoms with Crippen molar-refractivity contribution in [1.29, 1.82) is 0 Å². The van der Waals surface area contributed by atoms with E-state index in [1.54, 1.807) is 6.08 Å². The number of likely N-dealkylation sites (N-methyl/N-ethyl adjacent to an activating group) is 1. The summed E-state index contributed by atoms with van der Waals surface area (Å²) in [5, 5.41) is 13.8. The highest BCUT2D eigenvalue weighted by Gasteiger charge is 2.27. The first-order chi connectivity index (χ1) is 32.0. The number of rotatable bonds is 51. The van der Waals surface area contributed by atoms with Gasteiger partial charge in [0, 0.05) is 6.42 Å². The van der Waals surface area contributed by atoms with Crippen molar-refractivity contribution < 1.29 is 32.9 Å². The number of carbonyl (C=O) groups is 1. The molecule has 0 aliphatic carbocycles. The van der Waals surface area contributed by atoms with Crippen molar-refractivity contribution in [3.05, 3.63) is 48.6 Å². The van der Waals surface area contributed by atoms with Gasteiger partial charge in [-0.15, -0.1) is 0 Å². The first-order valence-corrected chi connectivity index (χ1v) is 29.5. The normalized spacial score (nSPS) is 14.3. The van der Waals surface area contributed by atoms with Gasteiger partial charge in [0.2, 0.25) is 5.91 Å². The highest BCUT2D eigenvalue weighted by Crippen LogP contribution is 2.43. The molecular formula is C57H110N2O6P+. The Hall–Kier alpha value is -1.54. The Morgan fingerprint density at radius 2 is 0.833 bits per heavy atom. The van der Waals surface area contributed by atoms with Crippen LogP contribution in [0.5, 0.6) is 0 Å². The third-order valence-electron chi connectivity index (χ3n) is 12.5. The lowest BCUT2D eigenvalue weighted by Gasteiger charge is -2.25. The number of carbonyl (C=O) groups excluding carboxylic acids is 1. The van der Waals surface area contributed by atoms with Crippen LogP contribution in [-0.4, -0.2) is 73.4 Å². The number of hydrogen-bond acceptors (Lipinski definition) is 5.